The van der Waals surface area contributed by atoms with Gasteiger partial charge in [0, 0.05) is 22.9 Å². The van der Waals surface area contributed by atoms with Gasteiger partial charge in [-0.1, -0.05) is 12.1 Å². The molecule has 0 fully saturated rings. The average molecular weight is 395 g/mol. The molecule has 0 spiro atoms. The summed E-state index contributed by atoms with van der Waals surface area (Å²) in [7, 11) is 0. The van der Waals surface area contributed by atoms with Gasteiger partial charge in [-0.25, -0.2) is 4.98 Å². The van der Waals surface area contributed by atoms with Crippen molar-refractivity contribution in [2.24, 2.45) is 0 Å². The van der Waals surface area contributed by atoms with Crippen LogP contribution in [0.2, 0.25) is 0 Å². The minimum atomic E-state index is -0.141. The lowest BCUT2D eigenvalue weighted by atomic mass is 10.2. The van der Waals surface area contributed by atoms with Gasteiger partial charge in [0.1, 0.15) is 5.82 Å². The quantitative estimate of drug-likeness (QED) is 0.784. The van der Waals surface area contributed by atoms with Gasteiger partial charge in [0.2, 0.25) is 0 Å². The number of hydrogen-bond donors (Lipinski definition) is 1. The Morgan fingerprint density at radius 2 is 1.90 bits per heavy atom. The minimum absolute atomic E-state index is 0.141. The van der Waals surface area contributed by atoms with Crippen LogP contribution in [0.4, 0.5) is 11.5 Å². The van der Waals surface area contributed by atoms with E-state index in [1.807, 2.05) is 36.4 Å². The van der Waals surface area contributed by atoms with Gasteiger partial charge in [-0.05, 0) is 60.7 Å². The number of halogens is 1. The number of benzene rings is 1. The Bertz CT molecular complexity index is 609. The molecule has 0 aliphatic carbocycles. The maximum Gasteiger partial charge on any atom is 0.257 e. The minimum Gasteiger partial charge on any atom is -0.357 e. The van der Waals surface area contributed by atoms with E-state index in [2.05, 4.69) is 51.6 Å². The normalized spacial score (nSPS) is 10.2. The molecule has 0 saturated carbocycles. The summed E-state index contributed by atoms with van der Waals surface area (Å²) in [6.45, 7) is 5.97. The first-order chi connectivity index (χ1) is 10.2. The Labute approximate surface area is 138 Å². The summed E-state index contributed by atoms with van der Waals surface area (Å²) in [4.78, 5) is 18.7. The molecule has 1 aromatic carbocycles. The number of pyridine rings is 1. The number of nitrogens with zero attached hydrogens (tertiary/aromatic N) is 2. The first-order valence-corrected chi connectivity index (χ1v) is 8.00. The highest BCUT2D eigenvalue weighted by Gasteiger charge is 2.10. The highest BCUT2D eigenvalue weighted by atomic mass is 127. The molecular formula is C16H18IN3O. The predicted molar refractivity (Wildman–Crippen MR) is 94.9 cm³/mol. The third kappa shape index (κ3) is 3.93. The number of carbonyl (C=O) groups excluding carboxylic acids is 1. The number of aromatic nitrogens is 1. The third-order valence-electron chi connectivity index (χ3n) is 3.22. The van der Waals surface area contributed by atoms with E-state index in [4.69, 9.17) is 0 Å². The van der Waals surface area contributed by atoms with Gasteiger partial charge in [0.15, 0.2) is 0 Å². The molecule has 2 rings (SSSR count). The molecule has 1 N–H and O–H groups in total. The molecule has 0 atom stereocenters. The van der Waals surface area contributed by atoms with Crippen LogP contribution in [0.5, 0.6) is 0 Å². The Kier molecular flexibility index (Phi) is 5.55. The molecule has 0 radical (unpaired) electrons. The van der Waals surface area contributed by atoms with E-state index in [1.54, 1.807) is 6.20 Å². The number of hydrogen-bond acceptors (Lipinski definition) is 3. The monoisotopic (exact) mass is 395 g/mol. The molecule has 0 aliphatic heterocycles. The smallest absolute Gasteiger partial charge is 0.257 e. The topological polar surface area (TPSA) is 45.2 Å². The van der Waals surface area contributed by atoms with Crippen LogP contribution < -0.4 is 10.2 Å². The lowest BCUT2D eigenvalue weighted by molar-refractivity contribution is 0.102. The van der Waals surface area contributed by atoms with Gasteiger partial charge < -0.3 is 10.2 Å². The summed E-state index contributed by atoms with van der Waals surface area (Å²) in [5.41, 5.74) is 1.38. The number of nitrogens with one attached hydrogen (secondary N) is 1. The fourth-order valence-corrected chi connectivity index (χ4v) is 2.53. The number of carbonyl (C=O) groups is 1. The molecule has 4 nitrogen and oxygen atoms in total. The van der Waals surface area contributed by atoms with E-state index < -0.39 is 0 Å². The van der Waals surface area contributed by atoms with E-state index in [1.165, 1.54) is 0 Å². The molecule has 0 saturated heterocycles. The molecule has 110 valence electrons. The summed E-state index contributed by atoms with van der Waals surface area (Å²) >= 11 is 2.20. The summed E-state index contributed by atoms with van der Waals surface area (Å²) in [6.07, 6.45) is 1.62. The molecule has 0 unspecified atom stereocenters. The summed E-state index contributed by atoms with van der Waals surface area (Å²) < 4.78 is 1.01. The van der Waals surface area contributed by atoms with Crippen LogP contribution in [0, 0.1) is 3.57 Å². The third-order valence-corrected chi connectivity index (χ3v) is 4.16. The SMILES string of the molecule is CCN(CC)c1ccc(C(=O)Nc2ccccc2I)cn1. The van der Waals surface area contributed by atoms with E-state index in [0.29, 0.717) is 5.56 Å². The van der Waals surface area contributed by atoms with Crippen LogP contribution in [0.25, 0.3) is 0 Å². The maximum absolute atomic E-state index is 12.2. The number of amides is 1. The molecule has 1 aromatic heterocycles. The molecule has 5 heteroatoms. The fourth-order valence-electron chi connectivity index (χ4n) is 2.01. The molecule has 1 amide bonds. The van der Waals surface area contributed by atoms with Gasteiger partial charge in [-0.15, -0.1) is 0 Å². The molecule has 2 aromatic rings. The van der Waals surface area contributed by atoms with Gasteiger partial charge in [-0.2, -0.15) is 0 Å². The Hall–Kier alpha value is -1.63. The zero-order chi connectivity index (χ0) is 15.2. The predicted octanol–water partition coefficient (Wildman–Crippen LogP) is 3.78. The van der Waals surface area contributed by atoms with E-state index in [-0.39, 0.29) is 5.91 Å². The number of anilines is 2. The van der Waals surface area contributed by atoms with Crippen molar-refractivity contribution >= 4 is 40.0 Å². The van der Waals surface area contributed by atoms with Gasteiger partial charge in [0.05, 0.1) is 11.3 Å². The summed E-state index contributed by atoms with van der Waals surface area (Å²) in [5.74, 6) is 0.753. The standard InChI is InChI=1S/C16H18IN3O/c1-3-20(4-2)15-10-9-12(11-18-15)16(21)19-14-8-6-5-7-13(14)17/h5-11H,3-4H2,1-2H3,(H,19,21). The van der Waals surface area contributed by atoms with Crippen molar-refractivity contribution in [3.05, 3.63) is 51.7 Å². The van der Waals surface area contributed by atoms with Crippen LogP contribution in [0.3, 0.4) is 0 Å². The second-order valence-electron chi connectivity index (χ2n) is 4.51. The van der Waals surface area contributed by atoms with E-state index in [9.17, 15) is 4.79 Å². The van der Waals surface area contributed by atoms with Crippen molar-refractivity contribution in [2.45, 2.75) is 13.8 Å². The molecule has 0 bridgehead atoms. The van der Waals surface area contributed by atoms with Crippen LogP contribution in [-0.2, 0) is 0 Å². The zero-order valence-corrected chi connectivity index (χ0v) is 14.3. The van der Waals surface area contributed by atoms with Gasteiger partial charge in [0.25, 0.3) is 5.91 Å². The van der Waals surface area contributed by atoms with Crippen molar-refractivity contribution < 1.29 is 4.79 Å². The van der Waals surface area contributed by atoms with Gasteiger partial charge >= 0.3 is 0 Å². The van der Waals surface area contributed by atoms with E-state index >= 15 is 0 Å². The largest absolute Gasteiger partial charge is 0.357 e. The summed E-state index contributed by atoms with van der Waals surface area (Å²) in [6, 6.07) is 11.4. The first kappa shape index (κ1) is 15.8. The highest BCUT2D eigenvalue weighted by molar-refractivity contribution is 14.1. The van der Waals surface area contributed by atoms with Crippen LogP contribution in [0.1, 0.15) is 24.2 Å². The Balaban J connectivity index is 2.12. The molecular weight excluding hydrogens is 377 g/mol. The van der Waals surface area contributed by atoms with Crippen molar-refractivity contribution in [3.63, 3.8) is 0 Å². The Morgan fingerprint density at radius 1 is 1.19 bits per heavy atom. The van der Waals surface area contributed by atoms with Crippen molar-refractivity contribution in [3.8, 4) is 0 Å². The van der Waals surface area contributed by atoms with Crippen LogP contribution >= 0.6 is 22.6 Å². The molecule has 1 heterocycles. The zero-order valence-electron chi connectivity index (χ0n) is 12.1. The highest BCUT2D eigenvalue weighted by Crippen LogP contribution is 2.18. The number of rotatable bonds is 5. The molecule has 0 aliphatic rings. The van der Waals surface area contributed by atoms with E-state index in [0.717, 1.165) is 28.2 Å². The Morgan fingerprint density at radius 3 is 2.48 bits per heavy atom. The first-order valence-electron chi connectivity index (χ1n) is 6.92. The van der Waals surface area contributed by atoms with Crippen molar-refractivity contribution in [2.75, 3.05) is 23.3 Å². The average Bonchev–Trinajstić information content (AvgIpc) is 2.51. The second-order valence-corrected chi connectivity index (χ2v) is 5.67. The van der Waals surface area contributed by atoms with Gasteiger partial charge in [-0.3, -0.25) is 4.79 Å². The fraction of sp³-hybridized carbons (Fsp3) is 0.250. The molecule has 21 heavy (non-hydrogen) atoms. The lowest BCUT2D eigenvalue weighted by Gasteiger charge is -2.19. The van der Waals surface area contributed by atoms with Crippen molar-refractivity contribution in [1.29, 1.82) is 0 Å². The van der Waals surface area contributed by atoms with Crippen LogP contribution in [-0.4, -0.2) is 24.0 Å². The second kappa shape index (κ2) is 7.40. The number of para-hydroxylation sites is 1. The van der Waals surface area contributed by atoms with Crippen molar-refractivity contribution in [1.82, 2.24) is 4.98 Å². The summed E-state index contributed by atoms with van der Waals surface area (Å²) in [5, 5.41) is 2.90. The maximum atomic E-state index is 12.2. The lowest BCUT2D eigenvalue weighted by Crippen LogP contribution is -2.23. The van der Waals surface area contributed by atoms with Crippen LogP contribution in [0.15, 0.2) is 42.6 Å².